The van der Waals surface area contributed by atoms with Crippen molar-refractivity contribution in [3.05, 3.63) is 96.6 Å². The third-order valence-electron chi connectivity index (χ3n) is 5.46. The van der Waals surface area contributed by atoms with Crippen molar-refractivity contribution in [2.45, 2.75) is 38.0 Å². The molecule has 0 bridgehead atoms. The fourth-order valence-corrected chi connectivity index (χ4v) is 8.57. The van der Waals surface area contributed by atoms with Crippen molar-refractivity contribution in [1.82, 2.24) is 0 Å². The first-order valence-corrected chi connectivity index (χ1v) is 12.0. The lowest BCUT2D eigenvalue weighted by Gasteiger charge is -2.43. The smallest absolute Gasteiger partial charge is 0.261 e. The van der Waals surface area contributed by atoms with Gasteiger partial charge in [0.1, 0.15) is 0 Å². The van der Waals surface area contributed by atoms with Gasteiger partial charge in [0.15, 0.2) is 0 Å². The van der Waals surface area contributed by atoms with Gasteiger partial charge in [-0.3, -0.25) is 0 Å². The fraction of sp³-hybridized carbons (Fsp3) is 0.280. The van der Waals surface area contributed by atoms with E-state index in [2.05, 4.69) is 69.3 Å². The van der Waals surface area contributed by atoms with Crippen LogP contribution in [0.3, 0.4) is 0 Å². The third kappa shape index (κ3) is 4.51. The Balaban J connectivity index is 1.98. The summed E-state index contributed by atoms with van der Waals surface area (Å²) in [6.45, 7) is 6.98. The summed E-state index contributed by atoms with van der Waals surface area (Å²) in [5, 5.41) is 13.0. The topological polar surface area (TPSA) is 55.5 Å². The third-order valence-corrected chi connectivity index (χ3v) is 10.5. The summed E-state index contributed by atoms with van der Waals surface area (Å²) in [5.41, 5.74) is 7.21. The van der Waals surface area contributed by atoms with E-state index in [4.69, 9.17) is 10.2 Å². The average Bonchev–Trinajstić information content (AvgIpc) is 2.74. The van der Waals surface area contributed by atoms with E-state index >= 15 is 0 Å². The Kier molecular flexibility index (Phi) is 6.70. The summed E-state index contributed by atoms with van der Waals surface area (Å²) in [5.74, 6) is 0. The fourth-order valence-electron chi connectivity index (χ4n) is 3.97. The number of nitrogens with two attached hydrogens (primary N) is 1. The van der Waals surface area contributed by atoms with Gasteiger partial charge in [-0.25, -0.2) is 0 Å². The molecule has 3 aromatic carbocycles. The molecule has 0 fully saturated rings. The molecule has 0 aliphatic carbocycles. The molecule has 0 saturated heterocycles. The Morgan fingerprint density at radius 2 is 1.21 bits per heavy atom. The van der Waals surface area contributed by atoms with E-state index in [9.17, 15) is 5.11 Å². The van der Waals surface area contributed by atoms with Crippen LogP contribution in [-0.2, 0) is 4.43 Å². The van der Waals surface area contributed by atoms with Crippen molar-refractivity contribution >= 4 is 18.7 Å². The van der Waals surface area contributed by atoms with Crippen LogP contribution in [-0.4, -0.2) is 26.1 Å². The highest BCUT2D eigenvalue weighted by Crippen LogP contribution is 2.37. The van der Waals surface area contributed by atoms with Gasteiger partial charge in [-0.15, -0.1) is 0 Å². The van der Waals surface area contributed by atoms with Gasteiger partial charge in [0.25, 0.3) is 8.32 Å². The highest BCUT2D eigenvalue weighted by atomic mass is 28.4. The molecule has 29 heavy (non-hydrogen) atoms. The van der Waals surface area contributed by atoms with Crippen molar-refractivity contribution in [3.63, 3.8) is 0 Å². The van der Waals surface area contributed by atoms with Crippen molar-refractivity contribution in [1.29, 1.82) is 0 Å². The van der Waals surface area contributed by atoms with Gasteiger partial charge in [0.05, 0.1) is 18.8 Å². The molecule has 0 spiro atoms. The Labute approximate surface area is 175 Å². The van der Waals surface area contributed by atoms with Crippen LogP contribution in [0.1, 0.15) is 32.4 Å². The first-order valence-electron chi connectivity index (χ1n) is 10.1. The standard InChI is InChI=1S/C25H31NO2Si/c1-25(2,3)29(21-15-9-5-10-16-21,22-17-11-6-12-18-22)28-19-23(26)24(27)20-13-7-4-8-14-20/h4-18,23-24,27H,19,26H2,1-3H3/t23-,24-/m1/s1. The monoisotopic (exact) mass is 405 g/mol. The number of hydrogen-bond donors (Lipinski definition) is 2. The summed E-state index contributed by atoms with van der Waals surface area (Å²) in [4.78, 5) is 0. The molecule has 3 N–H and O–H groups in total. The summed E-state index contributed by atoms with van der Waals surface area (Å²) in [6.07, 6.45) is -0.769. The second-order valence-corrected chi connectivity index (χ2v) is 12.8. The largest absolute Gasteiger partial charge is 0.406 e. The average molecular weight is 406 g/mol. The first kappa shape index (κ1) is 21.5. The molecule has 0 amide bonds. The van der Waals surface area contributed by atoms with E-state index in [0.29, 0.717) is 0 Å². The van der Waals surface area contributed by atoms with Crippen molar-refractivity contribution in [2.75, 3.05) is 6.61 Å². The van der Waals surface area contributed by atoms with E-state index in [1.54, 1.807) is 0 Å². The van der Waals surface area contributed by atoms with Gasteiger partial charge in [0, 0.05) is 0 Å². The Hall–Kier alpha value is -2.24. The number of hydrogen-bond acceptors (Lipinski definition) is 3. The highest BCUT2D eigenvalue weighted by Gasteiger charge is 2.50. The second-order valence-electron chi connectivity index (χ2n) is 8.49. The van der Waals surface area contributed by atoms with Crippen LogP contribution in [0.2, 0.25) is 5.04 Å². The van der Waals surface area contributed by atoms with E-state index in [0.717, 1.165) is 5.56 Å². The van der Waals surface area contributed by atoms with Gasteiger partial charge in [0.2, 0.25) is 0 Å². The van der Waals surface area contributed by atoms with Gasteiger partial charge in [-0.2, -0.15) is 0 Å². The predicted octanol–water partition coefficient (Wildman–Crippen LogP) is 3.62. The summed E-state index contributed by atoms with van der Waals surface area (Å²) >= 11 is 0. The normalized spacial score (nSPS) is 14.4. The van der Waals surface area contributed by atoms with E-state index < -0.39 is 20.5 Å². The zero-order chi connectivity index (χ0) is 20.9. The van der Waals surface area contributed by atoms with Gasteiger partial charge in [-0.05, 0) is 21.0 Å². The molecule has 3 rings (SSSR count). The van der Waals surface area contributed by atoms with Crippen LogP contribution in [0, 0.1) is 0 Å². The minimum absolute atomic E-state index is 0.118. The summed E-state index contributed by atoms with van der Waals surface area (Å²) in [6, 6.07) is 30.0. The lowest BCUT2D eigenvalue weighted by molar-refractivity contribution is 0.113. The molecule has 0 heterocycles. The van der Waals surface area contributed by atoms with Gasteiger partial charge < -0.3 is 15.3 Å². The van der Waals surface area contributed by atoms with Crippen LogP contribution < -0.4 is 16.1 Å². The lowest BCUT2D eigenvalue weighted by Crippen LogP contribution is -2.67. The number of aliphatic hydroxyl groups is 1. The first-order chi connectivity index (χ1) is 13.9. The quantitative estimate of drug-likeness (QED) is 0.590. The minimum Gasteiger partial charge on any atom is -0.406 e. The zero-order valence-corrected chi connectivity index (χ0v) is 18.5. The van der Waals surface area contributed by atoms with Crippen LogP contribution in [0.4, 0.5) is 0 Å². The molecule has 0 unspecified atom stereocenters. The molecule has 0 aliphatic rings. The van der Waals surface area contributed by atoms with Gasteiger partial charge in [-0.1, -0.05) is 112 Å². The molecule has 0 aliphatic heterocycles. The lowest BCUT2D eigenvalue weighted by atomic mass is 10.0. The molecule has 3 nitrogen and oxygen atoms in total. The van der Waals surface area contributed by atoms with E-state index in [1.807, 2.05) is 42.5 Å². The summed E-state index contributed by atoms with van der Waals surface area (Å²) < 4.78 is 6.82. The Bertz CT molecular complexity index is 839. The predicted molar refractivity (Wildman–Crippen MR) is 123 cm³/mol. The Morgan fingerprint density at radius 1 is 0.793 bits per heavy atom. The second kappa shape index (κ2) is 9.05. The zero-order valence-electron chi connectivity index (χ0n) is 17.5. The van der Waals surface area contributed by atoms with E-state index in [-0.39, 0.29) is 11.6 Å². The number of benzene rings is 3. The molecule has 152 valence electrons. The van der Waals surface area contributed by atoms with Crippen molar-refractivity contribution < 1.29 is 9.53 Å². The van der Waals surface area contributed by atoms with Crippen molar-refractivity contribution in [3.8, 4) is 0 Å². The number of aliphatic hydroxyl groups excluding tert-OH is 1. The van der Waals surface area contributed by atoms with Crippen LogP contribution in [0.25, 0.3) is 0 Å². The Morgan fingerprint density at radius 3 is 1.62 bits per heavy atom. The number of rotatable bonds is 7. The highest BCUT2D eigenvalue weighted by molar-refractivity contribution is 6.99. The van der Waals surface area contributed by atoms with Crippen LogP contribution >= 0.6 is 0 Å². The SMILES string of the molecule is CC(C)(C)[Si](OC[C@@H](N)[C@H](O)c1ccccc1)(c1ccccc1)c1ccccc1. The van der Waals surface area contributed by atoms with Gasteiger partial charge >= 0.3 is 0 Å². The molecule has 2 atom stereocenters. The summed E-state index contributed by atoms with van der Waals surface area (Å²) in [7, 11) is -2.65. The molecule has 0 saturated carbocycles. The molecule has 3 aromatic rings. The molecule has 0 aromatic heterocycles. The van der Waals surface area contributed by atoms with Crippen molar-refractivity contribution in [2.24, 2.45) is 5.73 Å². The minimum atomic E-state index is -2.65. The maximum absolute atomic E-state index is 10.7. The maximum atomic E-state index is 10.7. The molecular weight excluding hydrogens is 374 g/mol. The molecule has 0 radical (unpaired) electrons. The van der Waals surface area contributed by atoms with Crippen LogP contribution in [0.15, 0.2) is 91.0 Å². The molecule has 4 heteroatoms. The molecular formula is C25H31NO2Si. The van der Waals surface area contributed by atoms with Crippen LogP contribution in [0.5, 0.6) is 0 Å². The maximum Gasteiger partial charge on any atom is 0.261 e. The van der Waals surface area contributed by atoms with E-state index in [1.165, 1.54) is 10.4 Å².